The number of benzene rings is 1. The summed E-state index contributed by atoms with van der Waals surface area (Å²) < 4.78 is 10.9. The van der Waals surface area contributed by atoms with E-state index in [-0.39, 0.29) is 24.4 Å². The third kappa shape index (κ3) is 5.97. The molecule has 170 valence electrons. The van der Waals surface area contributed by atoms with Crippen molar-refractivity contribution in [3.63, 3.8) is 0 Å². The van der Waals surface area contributed by atoms with Gasteiger partial charge in [-0.25, -0.2) is 4.79 Å². The van der Waals surface area contributed by atoms with Gasteiger partial charge in [0.2, 0.25) is 5.91 Å². The van der Waals surface area contributed by atoms with Crippen molar-refractivity contribution in [2.24, 2.45) is 11.7 Å². The zero-order chi connectivity index (χ0) is 22.6. The fourth-order valence-electron chi connectivity index (χ4n) is 4.11. The lowest BCUT2D eigenvalue weighted by atomic mass is 9.93. The summed E-state index contributed by atoms with van der Waals surface area (Å²) in [6.45, 7) is 6.50. The number of amides is 2. The van der Waals surface area contributed by atoms with E-state index in [1.165, 1.54) is 4.90 Å². The molecule has 0 radical (unpaired) electrons. The summed E-state index contributed by atoms with van der Waals surface area (Å²) >= 11 is 0. The number of carbonyl (C=O) groups excluding carboxylic acids is 3. The van der Waals surface area contributed by atoms with Crippen molar-refractivity contribution in [3.8, 4) is 0 Å². The molecule has 1 aromatic carbocycles. The van der Waals surface area contributed by atoms with Crippen molar-refractivity contribution < 1.29 is 23.9 Å². The van der Waals surface area contributed by atoms with Crippen LogP contribution < -0.4 is 5.73 Å². The molecule has 2 heterocycles. The molecule has 2 aliphatic rings. The quantitative estimate of drug-likeness (QED) is 0.736. The fraction of sp³-hybridized carbons (Fsp3) is 0.609. The molecule has 0 unspecified atom stereocenters. The molecule has 8 nitrogen and oxygen atoms in total. The van der Waals surface area contributed by atoms with Gasteiger partial charge in [-0.05, 0) is 52.0 Å². The molecule has 0 bridgehead atoms. The number of nitrogens with zero attached hydrogens (tertiary/aromatic N) is 2. The summed E-state index contributed by atoms with van der Waals surface area (Å²) in [4.78, 5) is 41.3. The largest absolute Gasteiger partial charge is 0.460 e. The van der Waals surface area contributed by atoms with Crippen LogP contribution in [0.2, 0.25) is 0 Å². The topological polar surface area (TPSA) is 102 Å². The Morgan fingerprint density at radius 1 is 1.06 bits per heavy atom. The van der Waals surface area contributed by atoms with E-state index in [1.807, 2.05) is 51.1 Å². The van der Waals surface area contributed by atoms with Crippen LogP contribution in [-0.2, 0) is 25.7 Å². The lowest BCUT2D eigenvalue weighted by Gasteiger charge is -2.39. The first-order chi connectivity index (χ1) is 14.7. The van der Waals surface area contributed by atoms with Crippen LogP contribution in [0.4, 0.5) is 4.79 Å². The number of piperidine rings is 1. The van der Waals surface area contributed by atoms with Gasteiger partial charge in [0.25, 0.3) is 0 Å². The summed E-state index contributed by atoms with van der Waals surface area (Å²) in [7, 11) is 0. The first-order valence-electron chi connectivity index (χ1n) is 10.9. The maximum atomic E-state index is 13.2. The van der Waals surface area contributed by atoms with Crippen LogP contribution in [0.15, 0.2) is 30.3 Å². The number of ether oxygens (including phenoxy) is 2. The van der Waals surface area contributed by atoms with Gasteiger partial charge in [0.05, 0.1) is 12.1 Å². The van der Waals surface area contributed by atoms with Gasteiger partial charge in [-0.3, -0.25) is 14.5 Å². The standard InChI is InChI=1S/C23H33N3O5/c1-23(2,3)31-21(28)17-11-13-26(19(24)14-17)20(27)18-10-7-12-25(18)22(29)30-15-16-8-5-4-6-9-16/h4-6,8-9,17-19H,7,10-15,24H2,1-3H3/t17-,18-,19+/m1/s1. The van der Waals surface area contributed by atoms with Crippen molar-refractivity contribution in [1.82, 2.24) is 9.80 Å². The Morgan fingerprint density at radius 3 is 2.42 bits per heavy atom. The molecular formula is C23H33N3O5. The van der Waals surface area contributed by atoms with Gasteiger partial charge >= 0.3 is 12.1 Å². The number of likely N-dealkylation sites (tertiary alicyclic amines) is 2. The normalized spacial score (nSPS) is 24.1. The van der Waals surface area contributed by atoms with E-state index in [0.717, 1.165) is 12.0 Å². The molecule has 0 saturated carbocycles. The second-order valence-corrected chi connectivity index (χ2v) is 9.25. The summed E-state index contributed by atoms with van der Waals surface area (Å²) in [6, 6.07) is 8.85. The molecule has 3 rings (SSSR count). The molecule has 1 aromatic rings. The van der Waals surface area contributed by atoms with Crippen LogP contribution in [0.25, 0.3) is 0 Å². The van der Waals surface area contributed by atoms with E-state index in [9.17, 15) is 14.4 Å². The Balaban J connectivity index is 1.56. The Labute approximate surface area is 183 Å². The molecule has 2 aliphatic heterocycles. The van der Waals surface area contributed by atoms with Gasteiger partial charge in [0.1, 0.15) is 18.2 Å². The molecule has 0 aliphatic carbocycles. The summed E-state index contributed by atoms with van der Waals surface area (Å²) in [5, 5.41) is 0. The fourth-order valence-corrected chi connectivity index (χ4v) is 4.11. The van der Waals surface area contributed by atoms with Crippen molar-refractivity contribution in [2.75, 3.05) is 13.1 Å². The maximum absolute atomic E-state index is 13.2. The van der Waals surface area contributed by atoms with E-state index in [4.69, 9.17) is 15.2 Å². The van der Waals surface area contributed by atoms with E-state index >= 15 is 0 Å². The van der Waals surface area contributed by atoms with Crippen LogP contribution in [0.1, 0.15) is 52.0 Å². The van der Waals surface area contributed by atoms with Crippen LogP contribution in [0.3, 0.4) is 0 Å². The van der Waals surface area contributed by atoms with Crippen molar-refractivity contribution in [1.29, 1.82) is 0 Å². The molecule has 2 amide bonds. The second-order valence-electron chi connectivity index (χ2n) is 9.25. The predicted octanol–water partition coefficient (Wildman–Crippen LogP) is 2.65. The molecule has 0 spiro atoms. The van der Waals surface area contributed by atoms with Crippen LogP contribution >= 0.6 is 0 Å². The third-order valence-electron chi connectivity index (χ3n) is 5.65. The Bertz CT molecular complexity index is 792. The average Bonchev–Trinajstić information content (AvgIpc) is 3.21. The molecular weight excluding hydrogens is 398 g/mol. The number of esters is 1. The van der Waals surface area contributed by atoms with E-state index in [1.54, 1.807) is 4.90 Å². The van der Waals surface area contributed by atoms with Crippen LogP contribution in [0, 0.1) is 5.92 Å². The highest BCUT2D eigenvalue weighted by atomic mass is 16.6. The summed E-state index contributed by atoms with van der Waals surface area (Å²) in [5.74, 6) is -0.778. The van der Waals surface area contributed by atoms with Gasteiger partial charge in [0.15, 0.2) is 0 Å². The van der Waals surface area contributed by atoms with Gasteiger partial charge in [-0.15, -0.1) is 0 Å². The molecule has 3 atom stereocenters. The van der Waals surface area contributed by atoms with Crippen molar-refractivity contribution in [2.45, 2.75) is 70.9 Å². The minimum atomic E-state index is -0.582. The Morgan fingerprint density at radius 2 is 1.77 bits per heavy atom. The van der Waals surface area contributed by atoms with E-state index < -0.39 is 23.9 Å². The molecule has 2 fully saturated rings. The average molecular weight is 432 g/mol. The monoisotopic (exact) mass is 431 g/mol. The summed E-state index contributed by atoms with van der Waals surface area (Å²) in [5.41, 5.74) is 6.59. The smallest absolute Gasteiger partial charge is 0.410 e. The Kier molecular flexibility index (Phi) is 7.20. The van der Waals surface area contributed by atoms with Gasteiger partial charge in [-0.1, -0.05) is 30.3 Å². The van der Waals surface area contributed by atoms with Crippen LogP contribution in [-0.4, -0.2) is 58.7 Å². The number of carbonyl (C=O) groups is 3. The van der Waals surface area contributed by atoms with Gasteiger partial charge < -0.3 is 20.1 Å². The molecule has 2 saturated heterocycles. The molecule has 0 aromatic heterocycles. The van der Waals surface area contributed by atoms with Gasteiger partial charge in [-0.2, -0.15) is 0 Å². The minimum Gasteiger partial charge on any atom is -0.460 e. The lowest BCUT2D eigenvalue weighted by molar-refractivity contribution is -0.164. The highest BCUT2D eigenvalue weighted by Crippen LogP contribution is 2.27. The molecule has 2 N–H and O–H groups in total. The number of hydrogen-bond acceptors (Lipinski definition) is 6. The summed E-state index contributed by atoms with van der Waals surface area (Å²) in [6.07, 6.45) is 1.10. The minimum absolute atomic E-state index is 0.165. The first-order valence-corrected chi connectivity index (χ1v) is 10.9. The SMILES string of the molecule is CC(C)(C)OC(=O)[C@@H]1CCN(C(=O)[C@H]2CCCN2C(=O)OCc2ccccc2)[C@H](N)C1. The number of nitrogens with two attached hydrogens (primary N) is 1. The van der Waals surface area contributed by atoms with Crippen molar-refractivity contribution in [3.05, 3.63) is 35.9 Å². The maximum Gasteiger partial charge on any atom is 0.410 e. The molecule has 31 heavy (non-hydrogen) atoms. The molecule has 8 heteroatoms. The van der Waals surface area contributed by atoms with Crippen LogP contribution in [0.5, 0.6) is 0 Å². The van der Waals surface area contributed by atoms with E-state index in [2.05, 4.69) is 0 Å². The zero-order valence-electron chi connectivity index (χ0n) is 18.6. The lowest BCUT2D eigenvalue weighted by Crippen LogP contribution is -2.57. The zero-order valence-corrected chi connectivity index (χ0v) is 18.6. The van der Waals surface area contributed by atoms with Crippen molar-refractivity contribution >= 4 is 18.0 Å². The Hall–Kier alpha value is -2.61. The number of hydrogen-bond donors (Lipinski definition) is 1. The van der Waals surface area contributed by atoms with Gasteiger partial charge in [0, 0.05) is 13.1 Å². The third-order valence-corrected chi connectivity index (χ3v) is 5.65. The second kappa shape index (κ2) is 9.68. The van der Waals surface area contributed by atoms with E-state index in [0.29, 0.717) is 32.4 Å². The highest BCUT2D eigenvalue weighted by molar-refractivity contribution is 5.87. The predicted molar refractivity (Wildman–Crippen MR) is 115 cm³/mol. The first kappa shape index (κ1) is 23.1. The number of rotatable bonds is 4. The highest BCUT2D eigenvalue weighted by Gasteiger charge is 2.41.